The minimum atomic E-state index is -0.627. The highest BCUT2D eigenvalue weighted by molar-refractivity contribution is 5.89. The van der Waals surface area contributed by atoms with E-state index in [1.807, 2.05) is 56.6 Å². The fraction of sp³-hybridized carbons (Fsp3) is 0.296. The highest BCUT2D eigenvalue weighted by atomic mass is 19.1. The molecule has 4 N–H and O–H groups in total. The highest BCUT2D eigenvalue weighted by Crippen LogP contribution is 2.37. The predicted octanol–water partition coefficient (Wildman–Crippen LogP) is 4.48. The van der Waals surface area contributed by atoms with Crippen LogP contribution in [0.2, 0.25) is 0 Å². The number of carbonyl (C=O) groups excluding carboxylic acids is 1. The summed E-state index contributed by atoms with van der Waals surface area (Å²) in [6.07, 6.45) is 4.61. The van der Waals surface area contributed by atoms with Crippen molar-refractivity contribution in [3.63, 3.8) is 0 Å². The lowest BCUT2D eigenvalue weighted by atomic mass is 9.72. The largest absolute Gasteiger partial charge is 0.393 e. The third-order valence-electron chi connectivity index (χ3n) is 6.34. The van der Waals surface area contributed by atoms with Crippen LogP contribution in [0.1, 0.15) is 37.0 Å². The normalized spacial score (nSPS) is 16.0. The number of hydrogen-bond donors (Lipinski definition) is 3. The van der Waals surface area contributed by atoms with Gasteiger partial charge in [-0.2, -0.15) is 10.2 Å². The zero-order valence-corrected chi connectivity index (χ0v) is 20.9. The number of aliphatic hydroxyl groups is 1. The van der Waals surface area contributed by atoms with Gasteiger partial charge in [-0.1, -0.05) is 38.1 Å². The van der Waals surface area contributed by atoms with Crippen molar-refractivity contribution in [2.75, 3.05) is 5.32 Å². The lowest BCUT2D eigenvalue weighted by molar-refractivity contribution is 0.127. The van der Waals surface area contributed by atoms with E-state index in [-0.39, 0.29) is 17.3 Å². The van der Waals surface area contributed by atoms with Crippen LogP contribution in [0.15, 0.2) is 60.9 Å². The number of nitrogens with two attached hydrogens (primary N) is 1. The van der Waals surface area contributed by atoms with Gasteiger partial charge in [-0.05, 0) is 60.6 Å². The molecule has 188 valence electrons. The van der Waals surface area contributed by atoms with Gasteiger partial charge in [0.2, 0.25) is 0 Å². The number of para-hydroxylation sites is 1. The Labute approximate surface area is 209 Å². The molecule has 1 aliphatic carbocycles. The summed E-state index contributed by atoms with van der Waals surface area (Å²) in [6.45, 7) is 6.07. The van der Waals surface area contributed by atoms with E-state index >= 15 is 0 Å². The second-order valence-electron chi connectivity index (χ2n) is 9.71. The second kappa shape index (κ2) is 9.94. The molecule has 36 heavy (non-hydrogen) atoms. The molecule has 5 rings (SSSR count). The Balaban J connectivity index is 0.000000187. The summed E-state index contributed by atoms with van der Waals surface area (Å²) in [5.74, 6) is 0.339. The number of urea groups is 1. The van der Waals surface area contributed by atoms with E-state index in [4.69, 9.17) is 5.73 Å². The molecule has 4 aromatic rings. The molecule has 8 nitrogen and oxygen atoms in total. The maximum absolute atomic E-state index is 13.0. The fourth-order valence-electron chi connectivity index (χ4n) is 4.75. The number of aromatic nitrogens is 4. The first-order valence-corrected chi connectivity index (χ1v) is 11.7. The molecule has 1 atom stereocenters. The number of carbonyl (C=O) groups is 1. The van der Waals surface area contributed by atoms with Crippen LogP contribution in [0.5, 0.6) is 0 Å². The zero-order chi connectivity index (χ0) is 26.0. The van der Waals surface area contributed by atoms with Crippen LogP contribution in [0, 0.1) is 12.7 Å². The molecular formula is C27H31FN6O2. The van der Waals surface area contributed by atoms with Crippen molar-refractivity contribution < 1.29 is 14.3 Å². The van der Waals surface area contributed by atoms with Crippen molar-refractivity contribution >= 4 is 11.8 Å². The molecule has 0 spiro atoms. The van der Waals surface area contributed by atoms with Crippen molar-refractivity contribution in [2.24, 2.45) is 12.8 Å². The van der Waals surface area contributed by atoms with Gasteiger partial charge >= 0.3 is 6.03 Å². The number of aliphatic hydroxyl groups excluding tert-OH is 1. The number of aryl methyl sites for hydroxylation is 1. The molecule has 0 saturated carbocycles. The molecule has 0 bridgehead atoms. The van der Waals surface area contributed by atoms with Crippen LogP contribution in [0.3, 0.4) is 0 Å². The Morgan fingerprint density at radius 2 is 1.94 bits per heavy atom. The number of anilines is 1. The first-order chi connectivity index (χ1) is 17.0. The Hall–Kier alpha value is -3.98. The van der Waals surface area contributed by atoms with Crippen molar-refractivity contribution in [3.8, 4) is 16.9 Å². The smallest absolute Gasteiger partial charge is 0.317 e. The monoisotopic (exact) mass is 490 g/mol. The van der Waals surface area contributed by atoms with Gasteiger partial charge in [-0.25, -0.2) is 13.9 Å². The maximum Gasteiger partial charge on any atom is 0.317 e. The van der Waals surface area contributed by atoms with Crippen molar-refractivity contribution in [2.45, 2.75) is 45.1 Å². The van der Waals surface area contributed by atoms with Gasteiger partial charge in [-0.15, -0.1) is 0 Å². The minimum Gasteiger partial charge on any atom is -0.393 e. The highest BCUT2D eigenvalue weighted by Gasteiger charge is 2.32. The lowest BCUT2D eigenvalue weighted by Gasteiger charge is -2.35. The first-order valence-electron chi connectivity index (χ1n) is 11.7. The number of nitrogens with one attached hydrogen (secondary N) is 1. The van der Waals surface area contributed by atoms with E-state index in [1.54, 1.807) is 21.6 Å². The Kier molecular flexibility index (Phi) is 6.94. The maximum atomic E-state index is 13.0. The van der Waals surface area contributed by atoms with E-state index in [1.165, 1.54) is 11.6 Å². The van der Waals surface area contributed by atoms with Crippen LogP contribution in [-0.2, 0) is 18.9 Å². The van der Waals surface area contributed by atoms with E-state index in [0.717, 1.165) is 34.5 Å². The third kappa shape index (κ3) is 5.31. The molecule has 2 heterocycles. The van der Waals surface area contributed by atoms with E-state index < -0.39 is 6.03 Å². The SMILES string of the molecule is CC1(C)C[C@@H](O)Cc2cc(F)ccc21.Cc1c(-c2cnn(C)c2)nn(-c2ccccc2)c1NC(N)=O. The number of fused-ring (bicyclic) bond motifs is 1. The van der Waals surface area contributed by atoms with Gasteiger partial charge in [0.25, 0.3) is 0 Å². The average Bonchev–Trinajstić information content (AvgIpc) is 3.37. The van der Waals surface area contributed by atoms with Crippen LogP contribution in [-0.4, -0.2) is 36.8 Å². The summed E-state index contributed by atoms with van der Waals surface area (Å²) in [6, 6.07) is 13.8. The van der Waals surface area contributed by atoms with Crippen LogP contribution in [0.4, 0.5) is 15.0 Å². The van der Waals surface area contributed by atoms with Gasteiger partial charge in [-0.3, -0.25) is 10.00 Å². The number of hydrogen-bond acceptors (Lipinski definition) is 4. The summed E-state index contributed by atoms with van der Waals surface area (Å²) < 4.78 is 16.4. The molecule has 0 aliphatic heterocycles. The number of rotatable bonds is 3. The molecule has 0 fully saturated rings. The number of halogens is 1. The topological polar surface area (TPSA) is 111 Å². The van der Waals surface area contributed by atoms with Gasteiger partial charge in [0, 0.05) is 24.4 Å². The van der Waals surface area contributed by atoms with Crippen LogP contribution in [0.25, 0.3) is 16.9 Å². The summed E-state index contributed by atoms with van der Waals surface area (Å²) in [7, 11) is 1.84. The summed E-state index contributed by atoms with van der Waals surface area (Å²) in [5, 5.41) is 21.1. The molecule has 9 heteroatoms. The standard InChI is InChI=1S/C15H16N6O.C12H15FO/c1-10-13(11-8-17-20(2)9-11)19-21(14(10)18-15(16)22)12-6-4-3-5-7-12;1-12(2)7-10(14)6-8-5-9(13)3-4-11(8)12/h3-9H,1-2H3,(H3,16,18,22);3-5,10,14H,6-7H2,1-2H3/t;10-/m.0/s1. The van der Waals surface area contributed by atoms with Gasteiger partial charge in [0.15, 0.2) is 0 Å². The van der Waals surface area contributed by atoms with E-state index in [0.29, 0.717) is 12.2 Å². The van der Waals surface area contributed by atoms with E-state index in [2.05, 4.69) is 29.4 Å². The molecule has 0 unspecified atom stereocenters. The van der Waals surface area contributed by atoms with Crippen molar-refractivity contribution in [1.82, 2.24) is 19.6 Å². The quantitative estimate of drug-likeness (QED) is 0.393. The number of nitrogens with zero attached hydrogens (tertiary/aromatic N) is 4. The zero-order valence-electron chi connectivity index (χ0n) is 20.9. The number of amides is 2. The molecule has 0 radical (unpaired) electrons. The molecule has 2 amide bonds. The third-order valence-corrected chi connectivity index (χ3v) is 6.34. The first kappa shape index (κ1) is 25.1. The van der Waals surface area contributed by atoms with Gasteiger partial charge < -0.3 is 10.8 Å². The minimum absolute atomic E-state index is 0.0410. The molecular weight excluding hydrogens is 459 g/mol. The summed E-state index contributed by atoms with van der Waals surface area (Å²) in [5.41, 5.74) is 10.7. The Morgan fingerprint density at radius 3 is 2.58 bits per heavy atom. The van der Waals surface area contributed by atoms with Crippen molar-refractivity contribution in [1.29, 1.82) is 0 Å². The van der Waals surface area contributed by atoms with Gasteiger partial charge in [0.1, 0.15) is 17.3 Å². The molecule has 1 aliphatic rings. The average molecular weight is 491 g/mol. The van der Waals surface area contributed by atoms with E-state index in [9.17, 15) is 14.3 Å². The molecule has 2 aromatic carbocycles. The summed E-state index contributed by atoms with van der Waals surface area (Å²) in [4.78, 5) is 11.3. The van der Waals surface area contributed by atoms with Crippen LogP contribution >= 0.6 is 0 Å². The Morgan fingerprint density at radius 1 is 1.22 bits per heavy atom. The van der Waals surface area contributed by atoms with Gasteiger partial charge in [0.05, 0.1) is 18.0 Å². The number of primary amides is 1. The summed E-state index contributed by atoms with van der Waals surface area (Å²) >= 11 is 0. The predicted molar refractivity (Wildman–Crippen MR) is 137 cm³/mol. The molecule has 0 saturated heterocycles. The van der Waals surface area contributed by atoms with Crippen molar-refractivity contribution in [3.05, 3.63) is 83.4 Å². The van der Waals surface area contributed by atoms with Crippen LogP contribution < -0.4 is 11.1 Å². The lowest BCUT2D eigenvalue weighted by Crippen LogP contribution is -2.32. The molecule has 2 aromatic heterocycles. The Bertz CT molecular complexity index is 1380. The number of benzene rings is 2. The second-order valence-corrected chi connectivity index (χ2v) is 9.71. The fourth-order valence-corrected chi connectivity index (χ4v) is 4.75.